The van der Waals surface area contributed by atoms with E-state index in [1.807, 2.05) is 18.2 Å². The molecule has 1 amide bonds. The van der Waals surface area contributed by atoms with Crippen LogP contribution in [0.4, 0.5) is 0 Å². The molecule has 0 aliphatic carbocycles. The van der Waals surface area contributed by atoms with Crippen molar-refractivity contribution in [3.63, 3.8) is 0 Å². The lowest BCUT2D eigenvalue weighted by Crippen LogP contribution is -2.35. The molecule has 0 saturated carbocycles. The van der Waals surface area contributed by atoms with Crippen molar-refractivity contribution in [2.75, 3.05) is 39.3 Å². The van der Waals surface area contributed by atoms with Gasteiger partial charge in [0.2, 0.25) is 5.09 Å². The Kier molecular flexibility index (Phi) is 6.55. The number of rotatable bonds is 5. The first-order valence-electron chi connectivity index (χ1n) is 10.7. The summed E-state index contributed by atoms with van der Waals surface area (Å²) >= 11 is 0. The van der Waals surface area contributed by atoms with Gasteiger partial charge in [-0.1, -0.05) is 36.8 Å². The summed E-state index contributed by atoms with van der Waals surface area (Å²) in [5.74, 6) is -0.140. The molecule has 0 atom stereocenters. The summed E-state index contributed by atoms with van der Waals surface area (Å²) in [7, 11) is -3.67. The minimum Gasteiger partial charge on any atom is -0.438 e. The van der Waals surface area contributed by atoms with Crippen molar-refractivity contribution in [3.8, 4) is 0 Å². The van der Waals surface area contributed by atoms with Gasteiger partial charge in [0.1, 0.15) is 0 Å². The van der Waals surface area contributed by atoms with Gasteiger partial charge in [0.15, 0.2) is 5.76 Å². The Labute approximate surface area is 178 Å². The molecule has 0 radical (unpaired) electrons. The Bertz CT molecular complexity index is 952. The van der Waals surface area contributed by atoms with Crippen molar-refractivity contribution < 1.29 is 17.6 Å². The molecule has 30 heavy (non-hydrogen) atoms. The molecule has 2 saturated heterocycles. The van der Waals surface area contributed by atoms with Gasteiger partial charge in [0.05, 0.1) is 0 Å². The molecule has 0 N–H and O–H groups in total. The first-order valence-corrected chi connectivity index (χ1v) is 12.1. The molecule has 8 heteroatoms. The number of carbonyl (C=O) groups excluding carboxylic acids is 1. The minimum absolute atomic E-state index is 0.0992. The standard InChI is InChI=1S/C22H29N3O4S/c26-22(20-10-11-21(29-20)30(27,28)25-14-5-2-6-15-25)24-13-7-12-23(16-17-24)18-19-8-3-1-4-9-19/h1,3-4,8-11H,2,5-7,12-18H2. The van der Waals surface area contributed by atoms with E-state index in [-0.39, 0.29) is 16.8 Å². The van der Waals surface area contributed by atoms with Gasteiger partial charge in [-0.15, -0.1) is 0 Å². The molecule has 2 aromatic rings. The molecule has 1 aromatic heterocycles. The zero-order chi connectivity index (χ0) is 21.0. The molecular formula is C22H29N3O4S. The van der Waals surface area contributed by atoms with Gasteiger partial charge in [-0.05, 0) is 37.0 Å². The normalized spacial score (nSPS) is 19.5. The molecule has 4 rings (SSSR count). The first-order chi connectivity index (χ1) is 14.5. The monoisotopic (exact) mass is 431 g/mol. The van der Waals surface area contributed by atoms with Gasteiger partial charge >= 0.3 is 0 Å². The fraction of sp³-hybridized carbons (Fsp3) is 0.500. The van der Waals surface area contributed by atoms with Crippen LogP contribution in [0.1, 0.15) is 41.8 Å². The van der Waals surface area contributed by atoms with Gasteiger partial charge in [-0.25, -0.2) is 8.42 Å². The molecule has 1 aromatic carbocycles. The maximum atomic E-state index is 12.9. The van der Waals surface area contributed by atoms with Crippen LogP contribution in [0.2, 0.25) is 0 Å². The highest BCUT2D eigenvalue weighted by Crippen LogP contribution is 2.23. The van der Waals surface area contributed by atoms with E-state index in [1.165, 1.54) is 22.0 Å². The summed E-state index contributed by atoms with van der Waals surface area (Å²) in [5.41, 5.74) is 1.26. The Morgan fingerprint density at radius 2 is 1.60 bits per heavy atom. The predicted octanol–water partition coefficient (Wildman–Crippen LogP) is 2.80. The van der Waals surface area contributed by atoms with Crippen molar-refractivity contribution in [3.05, 3.63) is 53.8 Å². The topological polar surface area (TPSA) is 74.1 Å². The number of sulfonamides is 1. The van der Waals surface area contributed by atoms with E-state index in [1.54, 1.807) is 4.90 Å². The van der Waals surface area contributed by atoms with E-state index in [0.717, 1.165) is 45.3 Å². The second-order valence-corrected chi connectivity index (χ2v) is 9.86. The predicted molar refractivity (Wildman–Crippen MR) is 114 cm³/mol. The molecule has 2 aliphatic rings. The molecule has 2 fully saturated rings. The van der Waals surface area contributed by atoms with Crippen molar-refractivity contribution in [2.24, 2.45) is 0 Å². The molecular weight excluding hydrogens is 402 g/mol. The van der Waals surface area contributed by atoms with Crippen LogP contribution in [-0.4, -0.2) is 67.7 Å². The molecule has 0 unspecified atom stereocenters. The van der Waals surface area contributed by atoms with Gasteiger partial charge in [0.25, 0.3) is 15.9 Å². The van der Waals surface area contributed by atoms with Crippen LogP contribution >= 0.6 is 0 Å². The number of nitrogens with zero attached hydrogens (tertiary/aromatic N) is 3. The third kappa shape index (κ3) is 4.77. The van der Waals surface area contributed by atoms with Gasteiger partial charge in [0, 0.05) is 45.8 Å². The van der Waals surface area contributed by atoms with Crippen molar-refractivity contribution in [1.29, 1.82) is 0 Å². The molecule has 7 nitrogen and oxygen atoms in total. The van der Waals surface area contributed by atoms with Crippen LogP contribution in [0.5, 0.6) is 0 Å². The lowest BCUT2D eigenvalue weighted by molar-refractivity contribution is 0.0723. The molecule has 0 spiro atoms. The van der Waals surface area contributed by atoms with Crippen LogP contribution in [0.3, 0.4) is 0 Å². The molecule has 162 valence electrons. The van der Waals surface area contributed by atoms with E-state index in [9.17, 15) is 13.2 Å². The van der Waals surface area contributed by atoms with Crippen molar-refractivity contribution in [2.45, 2.75) is 37.3 Å². The highest BCUT2D eigenvalue weighted by molar-refractivity contribution is 7.89. The van der Waals surface area contributed by atoms with E-state index in [2.05, 4.69) is 17.0 Å². The maximum Gasteiger partial charge on any atom is 0.289 e. The van der Waals surface area contributed by atoms with Gasteiger partial charge in [-0.2, -0.15) is 4.31 Å². The van der Waals surface area contributed by atoms with Crippen LogP contribution in [-0.2, 0) is 16.6 Å². The highest BCUT2D eigenvalue weighted by atomic mass is 32.2. The SMILES string of the molecule is O=C(c1ccc(S(=O)(=O)N2CCCCC2)o1)N1CCCN(Cc2ccccc2)CC1. The summed E-state index contributed by atoms with van der Waals surface area (Å²) in [4.78, 5) is 17.0. The Hall–Kier alpha value is -2.16. The van der Waals surface area contributed by atoms with Gasteiger partial charge in [-0.3, -0.25) is 9.69 Å². The summed E-state index contributed by atoms with van der Waals surface area (Å²) in [6.45, 7) is 4.82. The summed E-state index contributed by atoms with van der Waals surface area (Å²) in [5, 5.41) is -0.131. The van der Waals surface area contributed by atoms with E-state index in [0.29, 0.717) is 26.2 Å². The maximum absolute atomic E-state index is 12.9. The molecule has 2 aliphatic heterocycles. The summed E-state index contributed by atoms with van der Waals surface area (Å²) in [6.07, 6.45) is 3.64. The summed E-state index contributed by atoms with van der Waals surface area (Å²) in [6, 6.07) is 13.2. The minimum atomic E-state index is -3.67. The van der Waals surface area contributed by atoms with E-state index in [4.69, 9.17) is 4.42 Å². The second-order valence-electron chi connectivity index (χ2n) is 7.99. The zero-order valence-corrected chi connectivity index (χ0v) is 18.0. The lowest BCUT2D eigenvalue weighted by atomic mass is 10.2. The second kappa shape index (κ2) is 9.32. The van der Waals surface area contributed by atoms with Gasteiger partial charge < -0.3 is 9.32 Å². The van der Waals surface area contributed by atoms with Crippen molar-refractivity contribution >= 4 is 15.9 Å². The first kappa shape index (κ1) is 21.1. The fourth-order valence-corrected chi connectivity index (χ4v) is 5.56. The smallest absolute Gasteiger partial charge is 0.289 e. The highest BCUT2D eigenvalue weighted by Gasteiger charge is 2.30. The summed E-state index contributed by atoms with van der Waals surface area (Å²) < 4.78 is 32.5. The third-order valence-electron chi connectivity index (χ3n) is 5.83. The number of benzene rings is 1. The number of piperidine rings is 1. The third-order valence-corrected chi connectivity index (χ3v) is 7.60. The average molecular weight is 432 g/mol. The molecule has 0 bridgehead atoms. The van der Waals surface area contributed by atoms with Crippen LogP contribution in [0.15, 0.2) is 52.0 Å². The Morgan fingerprint density at radius 1 is 0.833 bits per heavy atom. The lowest BCUT2D eigenvalue weighted by Gasteiger charge is -2.24. The van der Waals surface area contributed by atoms with E-state index >= 15 is 0 Å². The van der Waals surface area contributed by atoms with Crippen molar-refractivity contribution in [1.82, 2.24) is 14.1 Å². The average Bonchev–Trinajstić information content (AvgIpc) is 3.17. The number of hydrogen-bond donors (Lipinski definition) is 0. The Morgan fingerprint density at radius 3 is 2.37 bits per heavy atom. The van der Waals surface area contributed by atoms with E-state index < -0.39 is 10.0 Å². The number of amides is 1. The Balaban J connectivity index is 1.39. The quantitative estimate of drug-likeness (QED) is 0.728. The number of hydrogen-bond acceptors (Lipinski definition) is 5. The van der Waals surface area contributed by atoms with Crippen LogP contribution in [0.25, 0.3) is 0 Å². The number of carbonyl (C=O) groups is 1. The number of furan rings is 1. The largest absolute Gasteiger partial charge is 0.438 e. The van der Waals surface area contributed by atoms with Crippen LogP contribution < -0.4 is 0 Å². The molecule has 3 heterocycles. The van der Waals surface area contributed by atoms with Crippen LogP contribution in [0, 0.1) is 0 Å². The fourth-order valence-electron chi connectivity index (χ4n) is 4.14. The zero-order valence-electron chi connectivity index (χ0n) is 17.2.